The molecule has 0 fully saturated rings. The van der Waals surface area contributed by atoms with Crippen LogP contribution >= 0.6 is 7.14 Å². The highest BCUT2D eigenvalue weighted by Crippen LogP contribution is 2.38. The quantitative estimate of drug-likeness (QED) is 0.610. The molecule has 0 atom stereocenters. The highest BCUT2D eigenvalue weighted by molar-refractivity contribution is 7.85. The SMILES string of the molecule is CP(C)(=O)c1ccccc1-c1nccc(COS(C)(=O)=O)n1. The smallest absolute Gasteiger partial charge is 0.264 e. The Morgan fingerprint density at radius 1 is 1.18 bits per heavy atom. The monoisotopic (exact) mass is 340 g/mol. The lowest BCUT2D eigenvalue weighted by atomic mass is 10.2. The minimum absolute atomic E-state index is 0.160. The first-order valence-corrected chi connectivity index (χ1v) is 10.9. The fourth-order valence-corrected chi connectivity index (χ4v) is 3.44. The first kappa shape index (κ1) is 16.8. The molecular weight excluding hydrogens is 323 g/mol. The van der Waals surface area contributed by atoms with E-state index in [1.165, 1.54) is 6.20 Å². The fourth-order valence-electron chi connectivity index (χ4n) is 1.91. The highest BCUT2D eigenvalue weighted by Gasteiger charge is 2.18. The van der Waals surface area contributed by atoms with Gasteiger partial charge in [0.25, 0.3) is 10.1 Å². The molecule has 0 spiro atoms. The lowest BCUT2D eigenvalue weighted by molar-refractivity contribution is 0.307. The third-order valence-electron chi connectivity index (χ3n) is 2.86. The van der Waals surface area contributed by atoms with Crippen molar-refractivity contribution in [3.05, 3.63) is 42.2 Å². The van der Waals surface area contributed by atoms with Crippen LogP contribution in [-0.4, -0.2) is 38.0 Å². The Balaban J connectivity index is 2.41. The first-order valence-electron chi connectivity index (χ1n) is 6.48. The third-order valence-corrected chi connectivity index (χ3v) is 4.96. The molecule has 8 heteroatoms. The summed E-state index contributed by atoms with van der Waals surface area (Å²) in [5.41, 5.74) is 1.12. The van der Waals surface area contributed by atoms with Gasteiger partial charge in [0.15, 0.2) is 5.82 Å². The van der Waals surface area contributed by atoms with Crippen molar-refractivity contribution >= 4 is 22.6 Å². The van der Waals surface area contributed by atoms with Gasteiger partial charge in [-0.05, 0) is 19.4 Å². The molecule has 0 unspecified atom stereocenters. The maximum absolute atomic E-state index is 12.4. The molecular formula is C14H17N2O4PS. The number of benzene rings is 1. The maximum atomic E-state index is 12.4. The van der Waals surface area contributed by atoms with Crippen LogP contribution in [0, 0.1) is 0 Å². The largest absolute Gasteiger partial charge is 0.319 e. The zero-order valence-electron chi connectivity index (χ0n) is 12.6. The molecule has 0 aliphatic heterocycles. The van der Waals surface area contributed by atoms with Crippen LogP contribution < -0.4 is 5.30 Å². The van der Waals surface area contributed by atoms with Crippen LogP contribution in [0.5, 0.6) is 0 Å². The summed E-state index contributed by atoms with van der Waals surface area (Å²) in [7, 11) is -6.02. The Kier molecular flexibility index (Phi) is 4.80. The van der Waals surface area contributed by atoms with E-state index in [1.807, 2.05) is 12.1 Å². The molecule has 1 aromatic heterocycles. The minimum atomic E-state index is -3.54. The number of aromatic nitrogens is 2. The fraction of sp³-hybridized carbons (Fsp3) is 0.286. The number of hydrogen-bond acceptors (Lipinski definition) is 6. The van der Waals surface area contributed by atoms with E-state index in [9.17, 15) is 13.0 Å². The van der Waals surface area contributed by atoms with Crippen LogP contribution in [0.15, 0.2) is 36.5 Å². The topological polar surface area (TPSA) is 86.2 Å². The van der Waals surface area contributed by atoms with E-state index in [1.54, 1.807) is 31.5 Å². The second-order valence-corrected chi connectivity index (χ2v) is 10.0. The van der Waals surface area contributed by atoms with E-state index in [2.05, 4.69) is 9.97 Å². The van der Waals surface area contributed by atoms with Gasteiger partial charge < -0.3 is 4.57 Å². The molecule has 0 saturated carbocycles. The highest BCUT2D eigenvalue weighted by atomic mass is 32.2. The van der Waals surface area contributed by atoms with E-state index in [-0.39, 0.29) is 6.61 Å². The maximum Gasteiger partial charge on any atom is 0.264 e. The number of hydrogen-bond donors (Lipinski definition) is 0. The van der Waals surface area contributed by atoms with E-state index < -0.39 is 17.3 Å². The first-order chi connectivity index (χ1) is 10.2. The second-order valence-electron chi connectivity index (χ2n) is 5.21. The van der Waals surface area contributed by atoms with Crippen molar-refractivity contribution in [2.75, 3.05) is 19.6 Å². The van der Waals surface area contributed by atoms with Crippen LogP contribution in [0.1, 0.15) is 5.69 Å². The average Bonchev–Trinajstić information content (AvgIpc) is 2.44. The summed E-state index contributed by atoms with van der Waals surface area (Å²) >= 11 is 0. The van der Waals surface area contributed by atoms with Crippen molar-refractivity contribution in [3.8, 4) is 11.4 Å². The molecule has 2 rings (SSSR count). The van der Waals surface area contributed by atoms with Gasteiger partial charge in [-0.15, -0.1) is 0 Å². The Bertz CT molecular complexity index is 830. The van der Waals surface area contributed by atoms with Crippen molar-refractivity contribution in [2.24, 2.45) is 0 Å². The van der Waals surface area contributed by atoms with Gasteiger partial charge in [-0.3, -0.25) is 4.18 Å². The van der Waals surface area contributed by atoms with E-state index in [4.69, 9.17) is 4.18 Å². The minimum Gasteiger partial charge on any atom is -0.319 e. The van der Waals surface area contributed by atoms with Gasteiger partial charge in [0.05, 0.1) is 11.9 Å². The average molecular weight is 340 g/mol. The Labute approximate surface area is 130 Å². The molecule has 0 N–H and O–H groups in total. The summed E-state index contributed by atoms with van der Waals surface area (Å²) in [4.78, 5) is 8.49. The van der Waals surface area contributed by atoms with Crippen molar-refractivity contribution < 1.29 is 17.2 Å². The third kappa shape index (κ3) is 4.47. The van der Waals surface area contributed by atoms with Crippen LogP contribution in [0.2, 0.25) is 0 Å². The lowest BCUT2D eigenvalue weighted by Crippen LogP contribution is -2.10. The molecule has 0 amide bonds. The predicted octanol–water partition coefficient (Wildman–Crippen LogP) is 1.87. The van der Waals surface area contributed by atoms with Crippen molar-refractivity contribution in [1.29, 1.82) is 0 Å². The van der Waals surface area contributed by atoms with E-state index in [0.29, 0.717) is 22.4 Å². The van der Waals surface area contributed by atoms with Gasteiger partial charge in [0.2, 0.25) is 0 Å². The summed E-state index contributed by atoms with van der Waals surface area (Å²) in [5, 5.41) is 0.691. The van der Waals surface area contributed by atoms with Gasteiger partial charge in [-0.2, -0.15) is 8.42 Å². The van der Waals surface area contributed by atoms with Crippen molar-refractivity contribution in [1.82, 2.24) is 9.97 Å². The summed E-state index contributed by atoms with van der Waals surface area (Å²) in [6.45, 7) is 3.21. The molecule has 1 heterocycles. The normalized spacial score (nSPS) is 12.3. The Morgan fingerprint density at radius 3 is 2.50 bits per heavy atom. The van der Waals surface area contributed by atoms with Crippen molar-refractivity contribution in [2.45, 2.75) is 6.61 Å². The molecule has 1 aromatic carbocycles. The Hall–Kier alpha value is -1.56. The predicted molar refractivity (Wildman–Crippen MR) is 86.2 cm³/mol. The molecule has 2 aromatic rings. The molecule has 0 saturated heterocycles. The molecule has 22 heavy (non-hydrogen) atoms. The Morgan fingerprint density at radius 2 is 1.86 bits per heavy atom. The second kappa shape index (κ2) is 6.28. The molecule has 0 aliphatic carbocycles. The van der Waals surface area contributed by atoms with Gasteiger partial charge in [0, 0.05) is 17.1 Å². The van der Waals surface area contributed by atoms with Crippen LogP contribution in [0.4, 0.5) is 0 Å². The van der Waals surface area contributed by atoms with Crippen molar-refractivity contribution in [3.63, 3.8) is 0 Å². The van der Waals surface area contributed by atoms with Crippen LogP contribution in [-0.2, 0) is 25.5 Å². The molecule has 0 bridgehead atoms. The zero-order chi connectivity index (χ0) is 16.4. The summed E-state index contributed by atoms with van der Waals surface area (Å²) < 4.78 is 39.2. The van der Waals surface area contributed by atoms with Crippen LogP contribution in [0.3, 0.4) is 0 Å². The number of nitrogens with zero attached hydrogens (tertiary/aromatic N) is 2. The summed E-state index contributed by atoms with van der Waals surface area (Å²) in [5.74, 6) is 0.397. The summed E-state index contributed by atoms with van der Waals surface area (Å²) in [6, 6.07) is 8.80. The summed E-state index contributed by atoms with van der Waals surface area (Å²) in [6.07, 6.45) is 2.51. The van der Waals surface area contributed by atoms with Gasteiger partial charge in [0.1, 0.15) is 13.7 Å². The molecule has 0 radical (unpaired) electrons. The standard InChI is InChI=1S/C14H17N2O4PS/c1-21(2,17)13-7-5-4-6-12(13)14-15-9-8-11(16-14)10-20-22(3,18)19/h4-9H,10H2,1-3H3. The number of rotatable bonds is 5. The van der Waals surface area contributed by atoms with Gasteiger partial charge in [-0.25, -0.2) is 9.97 Å². The van der Waals surface area contributed by atoms with E-state index in [0.717, 1.165) is 6.26 Å². The molecule has 0 aliphatic rings. The lowest BCUT2D eigenvalue weighted by Gasteiger charge is -2.12. The molecule has 118 valence electrons. The van der Waals surface area contributed by atoms with Gasteiger partial charge >= 0.3 is 0 Å². The van der Waals surface area contributed by atoms with Crippen LogP contribution in [0.25, 0.3) is 11.4 Å². The van der Waals surface area contributed by atoms with E-state index >= 15 is 0 Å². The molecule has 6 nitrogen and oxygen atoms in total. The zero-order valence-corrected chi connectivity index (χ0v) is 14.3. The van der Waals surface area contributed by atoms with Gasteiger partial charge in [-0.1, -0.05) is 24.3 Å².